The van der Waals surface area contributed by atoms with Crippen molar-refractivity contribution in [1.29, 1.82) is 0 Å². The Labute approximate surface area is 141 Å². The molecule has 0 aliphatic carbocycles. The Morgan fingerprint density at radius 1 is 1.09 bits per heavy atom. The summed E-state index contributed by atoms with van der Waals surface area (Å²) in [6.07, 6.45) is 11.2. The van der Waals surface area contributed by atoms with Crippen LogP contribution in [0.2, 0.25) is 0 Å². The van der Waals surface area contributed by atoms with Gasteiger partial charge in [0, 0.05) is 12.3 Å². The van der Waals surface area contributed by atoms with Gasteiger partial charge in [0.15, 0.2) is 0 Å². The summed E-state index contributed by atoms with van der Waals surface area (Å²) >= 11 is 0. The number of allylic oxidation sites excluding steroid dienone is 5. The first-order valence-corrected chi connectivity index (χ1v) is 8.47. The maximum absolute atomic E-state index is 11.9. The van der Waals surface area contributed by atoms with Crippen LogP contribution in [0.5, 0.6) is 0 Å². The first-order valence-electron chi connectivity index (χ1n) is 8.47. The fourth-order valence-electron chi connectivity index (χ4n) is 2.23. The maximum atomic E-state index is 11.9. The molecule has 3 nitrogen and oxygen atoms in total. The Bertz CT molecular complexity index is 452. The molecule has 0 rings (SSSR count). The van der Waals surface area contributed by atoms with Gasteiger partial charge in [-0.15, -0.1) is 0 Å². The third-order valence-electron chi connectivity index (χ3n) is 3.90. The molecular formula is C20H32O3. The van der Waals surface area contributed by atoms with Crippen molar-refractivity contribution in [3.8, 4) is 0 Å². The van der Waals surface area contributed by atoms with E-state index in [1.807, 2.05) is 39.8 Å². The van der Waals surface area contributed by atoms with E-state index in [1.54, 1.807) is 6.08 Å². The van der Waals surface area contributed by atoms with E-state index >= 15 is 0 Å². The number of carbonyl (C=O) groups excluding carboxylic acids is 2. The standard InChI is InChI=1S/C20H32O3/c1-16(2)11-12-20(23)18(4)8-6-10-19(15-22)9-5-7-17(3)13-14-21/h9,11,13,15,18,21H,5-8,10,12,14H2,1-4H3. The van der Waals surface area contributed by atoms with Crippen LogP contribution in [0.3, 0.4) is 0 Å². The molecule has 1 N–H and O–H groups in total. The molecule has 0 fully saturated rings. The van der Waals surface area contributed by atoms with Crippen LogP contribution in [0.4, 0.5) is 0 Å². The van der Waals surface area contributed by atoms with E-state index in [1.165, 1.54) is 5.57 Å². The topological polar surface area (TPSA) is 54.4 Å². The summed E-state index contributed by atoms with van der Waals surface area (Å²) in [5.74, 6) is 0.320. The van der Waals surface area contributed by atoms with Crippen molar-refractivity contribution in [2.45, 2.75) is 66.2 Å². The van der Waals surface area contributed by atoms with Crippen molar-refractivity contribution in [1.82, 2.24) is 0 Å². The molecule has 0 aliphatic rings. The van der Waals surface area contributed by atoms with Crippen molar-refractivity contribution < 1.29 is 14.7 Å². The summed E-state index contributed by atoms with van der Waals surface area (Å²) in [7, 11) is 0. The van der Waals surface area contributed by atoms with Crippen LogP contribution < -0.4 is 0 Å². The average molecular weight is 320 g/mol. The minimum atomic E-state index is 0.0493. The second kappa shape index (κ2) is 13.0. The molecule has 1 atom stereocenters. The molecule has 0 radical (unpaired) electrons. The van der Waals surface area contributed by atoms with Crippen molar-refractivity contribution in [3.05, 3.63) is 34.9 Å². The van der Waals surface area contributed by atoms with Gasteiger partial charge in [0.1, 0.15) is 12.1 Å². The van der Waals surface area contributed by atoms with E-state index in [0.717, 1.165) is 49.5 Å². The van der Waals surface area contributed by atoms with Crippen molar-refractivity contribution in [2.24, 2.45) is 5.92 Å². The van der Waals surface area contributed by atoms with Gasteiger partial charge < -0.3 is 5.11 Å². The Morgan fingerprint density at radius 2 is 1.78 bits per heavy atom. The van der Waals surface area contributed by atoms with E-state index in [0.29, 0.717) is 6.42 Å². The van der Waals surface area contributed by atoms with Gasteiger partial charge in [0.05, 0.1) is 6.61 Å². The lowest BCUT2D eigenvalue weighted by Crippen LogP contribution is -2.10. The third-order valence-corrected chi connectivity index (χ3v) is 3.90. The number of aliphatic hydroxyl groups excluding tert-OH is 1. The van der Waals surface area contributed by atoms with Crippen LogP contribution in [0, 0.1) is 5.92 Å². The minimum absolute atomic E-state index is 0.0493. The van der Waals surface area contributed by atoms with Crippen LogP contribution in [-0.2, 0) is 9.59 Å². The smallest absolute Gasteiger partial charge is 0.145 e. The summed E-state index contributed by atoms with van der Waals surface area (Å²) in [6.45, 7) is 8.00. The Kier molecular flexibility index (Phi) is 12.2. The highest BCUT2D eigenvalue weighted by molar-refractivity contribution is 5.82. The predicted octanol–water partition coefficient (Wildman–Crippen LogP) is 4.56. The fraction of sp³-hybridized carbons (Fsp3) is 0.600. The summed E-state index contributed by atoms with van der Waals surface area (Å²) in [5.41, 5.74) is 3.11. The second-order valence-electron chi connectivity index (χ2n) is 6.41. The third kappa shape index (κ3) is 11.7. The summed E-state index contributed by atoms with van der Waals surface area (Å²) in [4.78, 5) is 23.0. The number of aliphatic hydroxyl groups is 1. The van der Waals surface area contributed by atoms with E-state index < -0.39 is 0 Å². The van der Waals surface area contributed by atoms with Gasteiger partial charge in [-0.25, -0.2) is 0 Å². The van der Waals surface area contributed by atoms with E-state index in [9.17, 15) is 9.59 Å². The predicted molar refractivity (Wildman–Crippen MR) is 96.3 cm³/mol. The Morgan fingerprint density at radius 3 is 2.35 bits per heavy atom. The molecule has 0 saturated carbocycles. The lowest BCUT2D eigenvalue weighted by atomic mass is 9.95. The number of hydrogen-bond donors (Lipinski definition) is 1. The van der Waals surface area contributed by atoms with E-state index in [2.05, 4.69) is 0 Å². The molecule has 130 valence electrons. The van der Waals surface area contributed by atoms with Gasteiger partial charge in [-0.1, -0.05) is 36.3 Å². The van der Waals surface area contributed by atoms with Gasteiger partial charge in [-0.05, 0) is 58.4 Å². The van der Waals surface area contributed by atoms with Crippen LogP contribution in [0.1, 0.15) is 66.2 Å². The first kappa shape index (κ1) is 21.5. The van der Waals surface area contributed by atoms with Gasteiger partial charge in [0.25, 0.3) is 0 Å². The van der Waals surface area contributed by atoms with Gasteiger partial charge in [0.2, 0.25) is 0 Å². The zero-order chi connectivity index (χ0) is 17.7. The number of ketones is 1. The largest absolute Gasteiger partial charge is 0.392 e. The SMILES string of the molecule is CC(C)=CCC(=O)C(C)CCCC(C=O)=CCCC(C)=CCO. The monoisotopic (exact) mass is 320 g/mol. The number of carbonyl (C=O) groups is 2. The molecule has 0 saturated heterocycles. The number of rotatable bonds is 12. The fourth-order valence-corrected chi connectivity index (χ4v) is 2.23. The van der Waals surface area contributed by atoms with Crippen LogP contribution >= 0.6 is 0 Å². The lowest BCUT2D eigenvalue weighted by molar-refractivity contribution is -0.121. The highest BCUT2D eigenvalue weighted by Gasteiger charge is 2.11. The zero-order valence-corrected chi connectivity index (χ0v) is 15.1. The Balaban J connectivity index is 4.16. The molecular weight excluding hydrogens is 288 g/mol. The molecule has 0 aliphatic heterocycles. The minimum Gasteiger partial charge on any atom is -0.392 e. The van der Waals surface area contributed by atoms with E-state index in [-0.39, 0.29) is 18.3 Å². The highest BCUT2D eigenvalue weighted by Crippen LogP contribution is 2.15. The van der Waals surface area contributed by atoms with Crippen LogP contribution in [0.25, 0.3) is 0 Å². The molecule has 0 aromatic carbocycles. The molecule has 1 unspecified atom stereocenters. The molecule has 0 bridgehead atoms. The Hall–Kier alpha value is -1.48. The maximum Gasteiger partial charge on any atom is 0.145 e. The van der Waals surface area contributed by atoms with Crippen molar-refractivity contribution in [2.75, 3.05) is 6.61 Å². The first-order chi connectivity index (χ1) is 10.9. The molecule has 0 aromatic heterocycles. The molecule has 0 heterocycles. The molecule has 23 heavy (non-hydrogen) atoms. The van der Waals surface area contributed by atoms with Gasteiger partial charge >= 0.3 is 0 Å². The number of aldehydes is 1. The van der Waals surface area contributed by atoms with Gasteiger partial charge in [-0.3, -0.25) is 9.59 Å². The van der Waals surface area contributed by atoms with Crippen LogP contribution in [-0.4, -0.2) is 23.8 Å². The van der Waals surface area contributed by atoms with E-state index in [4.69, 9.17) is 5.11 Å². The zero-order valence-electron chi connectivity index (χ0n) is 15.1. The highest BCUT2D eigenvalue weighted by atomic mass is 16.2. The quantitative estimate of drug-likeness (QED) is 0.326. The molecule has 0 spiro atoms. The van der Waals surface area contributed by atoms with Crippen LogP contribution in [0.15, 0.2) is 34.9 Å². The van der Waals surface area contributed by atoms with Gasteiger partial charge in [-0.2, -0.15) is 0 Å². The molecule has 0 amide bonds. The molecule has 3 heteroatoms. The summed E-state index contributed by atoms with van der Waals surface area (Å²) < 4.78 is 0. The molecule has 0 aromatic rings. The van der Waals surface area contributed by atoms with Crippen molar-refractivity contribution >= 4 is 12.1 Å². The lowest BCUT2D eigenvalue weighted by Gasteiger charge is -2.09. The van der Waals surface area contributed by atoms with Crippen molar-refractivity contribution in [3.63, 3.8) is 0 Å². The number of Topliss-reactive ketones (excluding diaryl/α,β-unsaturated/α-hetero) is 1. The summed E-state index contributed by atoms with van der Waals surface area (Å²) in [5, 5.41) is 8.79. The average Bonchev–Trinajstić information content (AvgIpc) is 2.50. The summed E-state index contributed by atoms with van der Waals surface area (Å²) in [6, 6.07) is 0. The number of hydrogen-bond acceptors (Lipinski definition) is 3. The second-order valence-corrected chi connectivity index (χ2v) is 6.41. The normalized spacial score (nSPS) is 13.6.